The van der Waals surface area contributed by atoms with Crippen molar-refractivity contribution in [2.75, 3.05) is 11.9 Å². The first-order valence-corrected chi connectivity index (χ1v) is 10.7. The molecule has 10 nitrogen and oxygen atoms in total. The van der Waals surface area contributed by atoms with E-state index in [1.54, 1.807) is 0 Å². The van der Waals surface area contributed by atoms with E-state index in [-0.39, 0.29) is 34.0 Å². The predicted octanol–water partition coefficient (Wildman–Crippen LogP) is 1.09. The summed E-state index contributed by atoms with van der Waals surface area (Å²) in [6, 6.07) is 4.08. The third kappa shape index (κ3) is 3.62. The van der Waals surface area contributed by atoms with Crippen molar-refractivity contribution in [1.82, 2.24) is 14.6 Å². The van der Waals surface area contributed by atoms with Gasteiger partial charge in [-0.2, -0.15) is 12.7 Å². The van der Waals surface area contributed by atoms with Crippen molar-refractivity contribution >= 4 is 43.5 Å². The maximum atomic E-state index is 13.4. The summed E-state index contributed by atoms with van der Waals surface area (Å²) in [5.41, 5.74) is 6.69. The third-order valence-electron chi connectivity index (χ3n) is 5.02. The highest BCUT2D eigenvalue weighted by molar-refractivity contribution is 9.10. The molecule has 4 rings (SSSR count). The number of nitrogens with one attached hydrogen (secondary N) is 1. The van der Waals surface area contributed by atoms with Crippen LogP contribution in [0.15, 0.2) is 32.3 Å². The van der Waals surface area contributed by atoms with Gasteiger partial charge in [0.05, 0.1) is 10.2 Å². The quantitative estimate of drug-likeness (QED) is 0.433. The predicted molar refractivity (Wildman–Crippen MR) is 103 cm³/mol. The molecular formula is C15H17BrFN7O3S. The van der Waals surface area contributed by atoms with Gasteiger partial charge in [-0.3, -0.25) is 0 Å². The fraction of sp³-hybridized carbons (Fsp3) is 0.400. The Morgan fingerprint density at radius 3 is 2.82 bits per heavy atom. The molecule has 2 aliphatic rings. The number of benzene rings is 1. The van der Waals surface area contributed by atoms with E-state index in [0.29, 0.717) is 24.5 Å². The fourth-order valence-electron chi connectivity index (χ4n) is 3.77. The summed E-state index contributed by atoms with van der Waals surface area (Å²) in [5, 5.41) is 16.1. The van der Waals surface area contributed by atoms with Gasteiger partial charge < -0.3 is 11.1 Å². The molecule has 0 radical (unpaired) electrons. The molecule has 2 aromatic rings. The Balaban J connectivity index is 1.50. The molecule has 1 saturated heterocycles. The minimum absolute atomic E-state index is 0.0126. The maximum absolute atomic E-state index is 13.4. The highest BCUT2D eigenvalue weighted by Crippen LogP contribution is 2.40. The Hall–Kier alpha value is -2.09. The van der Waals surface area contributed by atoms with Crippen LogP contribution in [0.2, 0.25) is 0 Å². The van der Waals surface area contributed by atoms with Gasteiger partial charge in [-0.25, -0.2) is 19.2 Å². The molecule has 1 aliphatic carbocycles. The lowest BCUT2D eigenvalue weighted by atomic mass is 10.0. The van der Waals surface area contributed by atoms with Crippen LogP contribution in [0.4, 0.5) is 15.9 Å². The molecule has 0 amide bonds. The Morgan fingerprint density at radius 1 is 1.39 bits per heavy atom. The summed E-state index contributed by atoms with van der Waals surface area (Å²) in [5.74, 6) is 0.0607. The van der Waals surface area contributed by atoms with Gasteiger partial charge in [-0.15, -0.1) is 0 Å². The van der Waals surface area contributed by atoms with Crippen molar-refractivity contribution in [3.63, 3.8) is 0 Å². The summed E-state index contributed by atoms with van der Waals surface area (Å²) in [4.78, 5) is 4.22. The number of hydrogen-bond donors (Lipinski definition) is 3. The minimum Gasteiger partial charge on any atom is -0.382 e. The van der Waals surface area contributed by atoms with Crippen LogP contribution in [0, 0.1) is 11.7 Å². The van der Waals surface area contributed by atoms with Crippen LogP contribution >= 0.6 is 15.9 Å². The zero-order valence-corrected chi connectivity index (χ0v) is 16.8. The average Bonchev–Trinajstić information content (AvgIpc) is 3.33. The topological polar surface area (TPSA) is 153 Å². The summed E-state index contributed by atoms with van der Waals surface area (Å²) in [7, 11) is -3.69. The van der Waals surface area contributed by atoms with Crippen LogP contribution < -0.4 is 16.2 Å². The van der Waals surface area contributed by atoms with E-state index in [0.717, 1.165) is 6.42 Å². The van der Waals surface area contributed by atoms with Gasteiger partial charge in [0, 0.05) is 18.6 Å². The van der Waals surface area contributed by atoms with Crippen LogP contribution in [0.5, 0.6) is 0 Å². The molecule has 1 saturated carbocycles. The lowest BCUT2D eigenvalue weighted by Gasteiger charge is -2.29. The van der Waals surface area contributed by atoms with Crippen molar-refractivity contribution in [3.05, 3.63) is 34.2 Å². The summed E-state index contributed by atoms with van der Waals surface area (Å²) < 4.78 is 42.9. The second-order valence-corrected chi connectivity index (χ2v) is 9.16. The molecule has 1 aromatic carbocycles. The van der Waals surface area contributed by atoms with E-state index in [2.05, 4.69) is 36.6 Å². The molecule has 2 heterocycles. The molecular weight excluding hydrogens is 457 g/mol. The van der Waals surface area contributed by atoms with E-state index in [9.17, 15) is 12.8 Å². The zero-order chi connectivity index (χ0) is 20.1. The maximum Gasteiger partial charge on any atom is 0.277 e. The van der Waals surface area contributed by atoms with E-state index in [4.69, 9.17) is 15.5 Å². The van der Waals surface area contributed by atoms with Gasteiger partial charge >= 0.3 is 0 Å². The standard InChI is InChI=1S/C15H17BrFN7O3S/c16-10-4-8(1-2-11(10)17)20-14(18)13-15(23-27-22-13)21-12-5-9-3-7(12)6-24(9)28(19,25)26/h1-2,4,7,9,12H,3,5-6H2,(H2,18,20)(H,21,23)(H2,19,25,26). The Morgan fingerprint density at radius 2 is 2.18 bits per heavy atom. The highest BCUT2D eigenvalue weighted by atomic mass is 79.9. The van der Waals surface area contributed by atoms with Crippen LogP contribution in [-0.4, -0.2) is 47.5 Å². The lowest BCUT2D eigenvalue weighted by Crippen LogP contribution is -2.46. The number of amidine groups is 1. The van der Waals surface area contributed by atoms with Crippen LogP contribution in [0.1, 0.15) is 18.5 Å². The number of piperidine rings is 1. The number of hydrogen-bond acceptors (Lipinski definition) is 7. The molecule has 28 heavy (non-hydrogen) atoms. The molecule has 2 fully saturated rings. The lowest BCUT2D eigenvalue weighted by molar-refractivity contribution is 0.303. The molecule has 13 heteroatoms. The number of rotatable bonds is 5. The zero-order valence-electron chi connectivity index (χ0n) is 14.4. The normalized spacial score (nSPS) is 25.4. The summed E-state index contributed by atoms with van der Waals surface area (Å²) >= 11 is 3.10. The fourth-order valence-corrected chi connectivity index (χ4v) is 5.13. The Kier molecular flexibility index (Phi) is 4.85. The van der Waals surface area contributed by atoms with Gasteiger partial charge in [0.1, 0.15) is 5.82 Å². The number of anilines is 1. The van der Waals surface area contributed by atoms with Crippen molar-refractivity contribution in [3.8, 4) is 0 Å². The average molecular weight is 474 g/mol. The molecule has 5 N–H and O–H groups in total. The number of halogens is 2. The summed E-state index contributed by atoms with van der Waals surface area (Å²) in [6.45, 7) is 0.356. The van der Waals surface area contributed by atoms with Gasteiger partial charge in [-0.1, -0.05) is 0 Å². The van der Waals surface area contributed by atoms with Gasteiger partial charge in [0.2, 0.25) is 5.82 Å². The number of aliphatic imine (C=N–C) groups is 1. The van der Waals surface area contributed by atoms with E-state index < -0.39 is 16.0 Å². The van der Waals surface area contributed by atoms with Crippen molar-refractivity contribution in [2.24, 2.45) is 21.8 Å². The number of aromatic nitrogens is 2. The van der Waals surface area contributed by atoms with Crippen molar-refractivity contribution in [2.45, 2.75) is 24.9 Å². The monoisotopic (exact) mass is 473 g/mol. The Bertz CT molecular complexity index is 1040. The van der Waals surface area contributed by atoms with Crippen molar-refractivity contribution in [1.29, 1.82) is 0 Å². The first-order chi connectivity index (χ1) is 13.2. The molecule has 150 valence electrons. The second-order valence-electron chi connectivity index (χ2n) is 6.81. The van der Waals surface area contributed by atoms with Gasteiger partial charge in [0.25, 0.3) is 10.2 Å². The number of nitrogens with zero attached hydrogens (tertiary/aromatic N) is 4. The minimum atomic E-state index is -3.69. The molecule has 1 aromatic heterocycles. The van der Waals surface area contributed by atoms with Crippen molar-refractivity contribution < 1.29 is 17.4 Å². The molecule has 1 aliphatic heterocycles. The Labute approximate surface area is 168 Å². The van der Waals surface area contributed by atoms with Crippen LogP contribution in [0.25, 0.3) is 0 Å². The largest absolute Gasteiger partial charge is 0.382 e. The van der Waals surface area contributed by atoms with Gasteiger partial charge in [-0.05, 0) is 63.2 Å². The first kappa shape index (κ1) is 19.2. The SMILES string of the molecule is NC(=Nc1ccc(F)c(Br)c1)c1nonc1NC1CC2CC1CN2S(N)(=O)=O. The third-order valence-corrected chi connectivity index (χ3v) is 6.73. The summed E-state index contributed by atoms with van der Waals surface area (Å²) in [6.07, 6.45) is 1.32. The molecule has 3 atom stereocenters. The van der Waals surface area contributed by atoms with E-state index in [1.165, 1.54) is 22.5 Å². The van der Waals surface area contributed by atoms with Gasteiger partial charge in [0.15, 0.2) is 11.5 Å². The van der Waals surface area contributed by atoms with E-state index >= 15 is 0 Å². The highest BCUT2D eigenvalue weighted by Gasteiger charge is 2.48. The van der Waals surface area contributed by atoms with E-state index in [1.807, 2.05) is 0 Å². The number of fused-ring (bicyclic) bond motifs is 2. The molecule has 3 unspecified atom stereocenters. The first-order valence-electron chi connectivity index (χ1n) is 8.40. The van der Waals surface area contributed by atoms with Crippen LogP contribution in [0.3, 0.4) is 0 Å². The smallest absolute Gasteiger partial charge is 0.277 e. The molecule has 2 bridgehead atoms. The second kappa shape index (κ2) is 7.06. The van der Waals surface area contributed by atoms with Crippen LogP contribution in [-0.2, 0) is 10.2 Å². The number of nitrogens with two attached hydrogens (primary N) is 2. The molecule has 0 spiro atoms.